The maximum absolute atomic E-state index is 12.5. The molecular formula is C14H14NaO2P. The van der Waals surface area contributed by atoms with Crippen molar-refractivity contribution in [2.24, 2.45) is 0 Å². The molecule has 0 atom stereocenters. The summed E-state index contributed by atoms with van der Waals surface area (Å²) in [5, 5.41) is 0.823. The van der Waals surface area contributed by atoms with Crippen molar-refractivity contribution in [3.63, 3.8) is 0 Å². The quantitative estimate of drug-likeness (QED) is 0.512. The number of hydrogen-bond donors (Lipinski definition) is 0. The van der Waals surface area contributed by atoms with Crippen LogP contribution in [0.1, 0.15) is 11.1 Å². The first-order valence-electron chi connectivity index (χ1n) is 5.47. The summed E-state index contributed by atoms with van der Waals surface area (Å²) in [6, 6.07) is 14.2. The van der Waals surface area contributed by atoms with E-state index in [9.17, 15) is 9.46 Å². The first kappa shape index (κ1) is 15.7. The molecule has 0 aliphatic heterocycles. The van der Waals surface area contributed by atoms with Crippen LogP contribution in [0.25, 0.3) is 0 Å². The van der Waals surface area contributed by atoms with E-state index in [-0.39, 0.29) is 29.6 Å². The van der Waals surface area contributed by atoms with Crippen LogP contribution in [0.4, 0.5) is 0 Å². The zero-order chi connectivity index (χ0) is 12.5. The first-order chi connectivity index (χ1) is 8.03. The van der Waals surface area contributed by atoms with Crippen LogP contribution in [0.5, 0.6) is 0 Å². The summed E-state index contributed by atoms with van der Waals surface area (Å²) in [5.74, 6) is 0. The number of aryl methyl sites for hydroxylation is 2. The van der Waals surface area contributed by atoms with Crippen LogP contribution < -0.4 is 45.1 Å². The maximum Gasteiger partial charge on any atom is 1.00 e. The van der Waals surface area contributed by atoms with Crippen LogP contribution in [-0.4, -0.2) is 0 Å². The summed E-state index contributed by atoms with van der Waals surface area (Å²) in [6.45, 7) is 3.64. The zero-order valence-electron chi connectivity index (χ0n) is 10.9. The minimum Gasteiger partial charge on any atom is -0.793 e. The van der Waals surface area contributed by atoms with Crippen LogP contribution in [0.3, 0.4) is 0 Å². The number of benzene rings is 2. The molecule has 0 N–H and O–H groups in total. The van der Waals surface area contributed by atoms with Gasteiger partial charge in [-0.2, -0.15) is 0 Å². The van der Waals surface area contributed by atoms with Gasteiger partial charge in [-0.3, -0.25) is 0 Å². The van der Waals surface area contributed by atoms with E-state index in [1.165, 1.54) is 0 Å². The van der Waals surface area contributed by atoms with Crippen molar-refractivity contribution in [3.05, 3.63) is 59.7 Å². The van der Waals surface area contributed by atoms with Crippen molar-refractivity contribution in [2.45, 2.75) is 13.8 Å². The molecule has 0 spiro atoms. The second kappa shape index (κ2) is 6.18. The number of hydrogen-bond acceptors (Lipinski definition) is 2. The third-order valence-corrected chi connectivity index (χ3v) is 5.14. The molecule has 0 aliphatic carbocycles. The standard InChI is InChI=1S/C14H15O2P.Na/c1-11-7-3-5-9-13(11)17(15,16)14-10-6-4-8-12(14)2;/h3-10H,1-2H3,(H,15,16);/q;+1/p-1. The van der Waals surface area contributed by atoms with E-state index in [0.717, 1.165) is 11.1 Å². The Labute approximate surface area is 130 Å². The molecule has 2 rings (SSSR count). The minimum absolute atomic E-state index is 0. The van der Waals surface area contributed by atoms with E-state index >= 15 is 0 Å². The van der Waals surface area contributed by atoms with Gasteiger partial charge in [0.25, 0.3) is 0 Å². The summed E-state index contributed by atoms with van der Waals surface area (Å²) in [6.07, 6.45) is 0. The van der Waals surface area contributed by atoms with Crippen molar-refractivity contribution in [3.8, 4) is 0 Å². The Bertz CT molecular complexity index is 546. The van der Waals surface area contributed by atoms with Gasteiger partial charge in [0.05, 0.1) is 7.37 Å². The molecule has 0 heterocycles. The molecule has 2 aromatic rings. The van der Waals surface area contributed by atoms with Gasteiger partial charge in [0.1, 0.15) is 0 Å². The minimum atomic E-state index is -3.72. The van der Waals surface area contributed by atoms with E-state index in [0.29, 0.717) is 10.6 Å². The molecule has 0 fully saturated rings. The third kappa shape index (κ3) is 2.96. The molecule has 0 aromatic heterocycles. The molecular weight excluding hydrogens is 254 g/mol. The van der Waals surface area contributed by atoms with Crippen molar-refractivity contribution >= 4 is 18.0 Å². The molecule has 88 valence electrons. The fraction of sp³-hybridized carbons (Fsp3) is 0.143. The van der Waals surface area contributed by atoms with Gasteiger partial charge >= 0.3 is 29.6 Å². The van der Waals surface area contributed by atoms with Crippen molar-refractivity contribution < 1.29 is 39.0 Å². The predicted octanol–water partition coefficient (Wildman–Crippen LogP) is -1.10. The van der Waals surface area contributed by atoms with Crippen LogP contribution in [-0.2, 0) is 4.57 Å². The first-order valence-corrected chi connectivity index (χ1v) is 7.09. The van der Waals surface area contributed by atoms with Gasteiger partial charge in [-0.25, -0.2) is 0 Å². The van der Waals surface area contributed by atoms with Gasteiger partial charge in [0.15, 0.2) is 0 Å². The topological polar surface area (TPSA) is 40.1 Å². The zero-order valence-corrected chi connectivity index (χ0v) is 13.8. The van der Waals surface area contributed by atoms with Crippen LogP contribution >= 0.6 is 7.37 Å². The van der Waals surface area contributed by atoms with Crippen LogP contribution in [0.15, 0.2) is 48.5 Å². The summed E-state index contributed by atoms with van der Waals surface area (Å²) in [5.41, 5.74) is 1.57. The fourth-order valence-electron chi connectivity index (χ4n) is 1.92. The van der Waals surface area contributed by atoms with E-state index < -0.39 is 7.37 Å². The van der Waals surface area contributed by atoms with Gasteiger partial charge in [-0.1, -0.05) is 48.5 Å². The van der Waals surface area contributed by atoms with Crippen LogP contribution in [0.2, 0.25) is 0 Å². The molecule has 0 unspecified atom stereocenters. The second-order valence-electron chi connectivity index (χ2n) is 4.12. The third-order valence-electron chi connectivity index (χ3n) is 2.87. The van der Waals surface area contributed by atoms with E-state index in [1.807, 2.05) is 38.1 Å². The largest absolute Gasteiger partial charge is 1.00 e. The summed E-state index contributed by atoms with van der Waals surface area (Å²) in [7, 11) is -3.72. The smallest absolute Gasteiger partial charge is 0.793 e. The fourth-order valence-corrected chi connectivity index (χ4v) is 3.82. The van der Waals surface area contributed by atoms with E-state index in [1.54, 1.807) is 24.3 Å². The van der Waals surface area contributed by atoms with Crippen LogP contribution in [0, 0.1) is 13.8 Å². The summed E-state index contributed by atoms with van der Waals surface area (Å²) < 4.78 is 12.5. The Morgan fingerprint density at radius 3 is 1.50 bits per heavy atom. The molecule has 0 amide bonds. The van der Waals surface area contributed by atoms with Crippen molar-refractivity contribution in [1.82, 2.24) is 0 Å². The average molecular weight is 268 g/mol. The van der Waals surface area contributed by atoms with Crippen molar-refractivity contribution in [1.29, 1.82) is 0 Å². The monoisotopic (exact) mass is 268 g/mol. The van der Waals surface area contributed by atoms with Gasteiger partial charge < -0.3 is 9.46 Å². The Morgan fingerprint density at radius 1 is 0.833 bits per heavy atom. The molecule has 4 heteroatoms. The van der Waals surface area contributed by atoms with E-state index in [4.69, 9.17) is 0 Å². The molecule has 18 heavy (non-hydrogen) atoms. The Morgan fingerprint density at radius 2 is 1.17 bits per heavy atom. The van der Waals surface area contributed by atoms with Gasteiger partial charge in [-0.05, 0) is 25.0 Å². The summed E-state index contributed by atoms with van der Waals surface area (Å²) in [4.78, 5) is 12.5. The predicted molar refractivity (Wildman–Crippen MR) is 69.2 cm³/mol. The molecule has 0 radical (unpaired) electrons. The SMILES string of the molecule is Cc1ccccc1P(=O)([O-])c1ccccc1C.[Na+]. The average Bonchev–Trinajstić information content (AvgIpc) is 2.29. The molecule has 0 aliphatic rings. The van der Waals surface area contributed by atoms with Gasteiger partial charge in [0, 0.05) is 10.6 Å². The molecule has 0 saturated heterocycles. The molecule has 2 nitrogen and oxygen atoms in total. The van der Waals surface area contributed by atoms with Gasteiger partial charge in [0.2, 0.25) is 0 Å². The van der Waals surface area contributed by atoms with Gasteiger partial charge in [-0.15, -0.1) is 0 Å². The summed E-state index contributed by atoms with van der Waals surface area (Å²) >= 11 is 0. The Kier molecular flexibility index (Phi) is 5.39. The Hall–Kier alpha value is -0.370. The van der Waals surface area contributed by atoms with Crippen molar-refractivity contribution in [2.75, 3.05) is 0 Å². The molecule has 2 aromatic carbocycles. The molecule has 0 bridgehead atoms. The van der Waals surface area contributed by atoms with E-state index in [2.05, 4.69) is 0 Å². The Balaban J connectivity index is 0.00000162. The normalized spacial score (nSPS) is 10.8. The second-order valence-corrected chi connectivity index (χ2v) is 6.19. The number of rotatable bonds is 2. The molecule has 0 saturated carbocycles. The maximum atomic E-state index is 12.5.